The Morgan fingerprint density at radius 2 is 2.00 bits per heavy atom. The zero-order valence-corrected chi connectivity index (χ0v) is 11.3. The van der Waals surface area contributed by atoms with E-state index in [4.69, 9.17) is 9.84 Å². The van der Waals surface area contributed by atoms with Gasteiger partial charge in [0.25, 0.3) is 0 Å². The molecule has 1 aromatic carbocycles. The molecule has 0 radical (unpaired) electrons. The molecular formula is C14H19NO4. The third-order valence-electron chi connectivity index (χ3n) is 1.95. The monoisotopic (exact) mass is 265 g/mol. The van der Waals surface area contributed by atoms with Gasteiger partial charge in [0.05, 0.1) is 18.0 Å². The molecular weight excluding hydrogens is 246 g/mol. The number of carbonyl (C=O) groups excluding carboxylic acids is 2. The minimum absolute atomic E-state index is 0.187. The molecule has 0 heterocycles. The second kappa shape index (κ2) is 9.85. The van der Waals surface area contributed by atoms with Crippen molar-refractivity contribution in [3.05, 3.63) is 36.0 Å². The Hall–Kier alpha value is -2.14. The van der Waals surface area contributed by atoms with Crippen molar-refractivity contribution in [3.8, 4) is 5.75 Å². The number of benzene rings is 1. The van der Waals surface area contributed by atoms with Crippen molar-refractivity contribution >= 4 is 17.8 Å². The molecule has 0 spiro atoms. The summed E-state index contributed by atoms with van der Waals surface area (Å²) in [7, 11) is 1.00. The largest absolute Gasteiger partial charge is 0.492 e. The first-order valence-corrected chi connectivity index (χ1v) is 5.78. The van der Waals surface area contributed by atoms with Gasteiger partial charge in [-0.1, -0.05) is 12.1 Å². The van der Waals surface area contributed by atoms with Crippen LogP contribution < -0.4 is 10.1 Å². The number of carbonyl (C=O) groups is 2. The molecule has 0 atom stereocenters. The lowest BCUT2D eigenvalue weighted by Crippen LogP contribution is -2.05. The summed E-state index contributed by atoms with van der Waals surface area (Å²) in [5, 5.41) is 9.86. The Bertz CT molecular complexity index is 441. The molecule has 0 bridgehead atoms. The van der Waals surface area contributed by atoms with Crippen molar-refractivity contribution in [2.24, 2.45) is 0 Å². The maximum absolute atomic E-state index is 10.9. The predicted molar refractivity (Wildman–Crippen MR) is 74.2 cm³/mol. The van der Waals surface area contributed by atoms with E-state index >= 15 is 0 Å². The maximum Gasteiger partial charge on any atom is 0.166 e. The van der Waals surface area contributed by atoms with E-state index in [0.29, 0.717) is 24.3 Å². The lowest BCUT2D eigenvalue weighted by atomic mass is 10.2. The van der Waals surface area contributed by atoms with Crippen molar-refractivity contribution in [2.75, 3.05) is 19.0 Å². The summed E-state index contributed by atoms with van der Waals surface area (Å²) in [6, 6.07) is 7.23. The highest BCUT2D eigenvalue weighted by molar-refractivity contribution is 5.95. The van der Waals surface area contributed by atoms with Crippen LogP contribution in [0.2, 0.25) is 0 Å². The molecule has 0 unspecified atom stereocenters. The number of allylic oxidation sites excluding steroid dienone is 2. The molecule has 0 fully saturated rings. The Labute approximate surface area is 112 Å². The summed E-state index contributed by atoms with van der Waals surface area (Å²) in [5.41, 5.74) is 0.874. The standard InChI is InChI=1S/C13H15NO3.CH4O/c1-3-17-13-7-5-4-6-12(13)14-11(9-15)8-10(2)16;1-2/h4-9,14H,3H2,1-2H3;2H,1H3/b11-8+;. The third-order valence-corrected chi connectivity index (χ3v) is 1.95. The second-order valence-electron chi connectivity index (χ2n) is 3.38. The van der Waals surface area contributed by atoms with Crippen LogP contribution in [0.25, 0.3) is 0 Å². The van der Waals surface area contributed by atoms with Crippen LogP contribution >= 0.6 is 0 Å². The van der Waals surface area contributed by atoms with Crippen LogP contribution in [0, 0.1) is 0 Å². The fraction of sp³-hybridized carbons (Fsp3) is 0.286. The van der Waals surface area contributed by atoms with E-state index in [1.54, 1.807) is 12.1 Å². The molecule has 104 valence electrons. The van der Waals surface area contributed by atoms with E-state index in [0.717, 1.165) is 7.11 Å². The van der Waals surface area contributed by atoms with Gasteiger partial charge in [0.1, 0.15) is 5.75 Å². The van der Waals surface area contributed by atoms with E-state index in [9.17, 15) is 9.59 Å². The smallest absolute Gasteiger partial charge is 0.166 e. The first kappa shape index (κ1) is 16.9. The number of ketones is 1. The average molecular weight is 265 g/mol. The number of rotatable bonds is 6. The molecule has 0 saturated heterocycles. The Balaban J connectivity index is 0.00000154. The van der Waals surface area contributed by atoms with Gasteiger partial charge in [-0.25, -0.2) is 0 Å². The Kier molecular flexibility index (Phi) is 8.74. The quantitative estimate of drug-likeness (QED) is 0.605. The van der Waals surface area contributed by atoms with Gasteiger partial charge in [-0.2, -0.15) is 0 Å². The van der Waals surface area contributed by atoms with E-state index in [2.05, 4.69) is 5.32 Å². The van der Waals surface area contributed by atoms with Crippen LogP contribution in [0.4, 0.5) is 5.69 Å². The number of anilines is 1. The summed E-state index contributed by atoms with van der Waals surface area (Å²) in [4.78, 5) is 21.7. The van der Waals surface area contributed by atoms with Gasteiger partial charge in [-0.15, -0.1) is 0 Å². The van der Waals surface area contributed by atoms with E-state index in [-0.39, 0.29) is 11.5 Å². The molecule has 0 amide bonds. The third kappa shape index (κ3) is 6.38. The highest BCUT2D eigenvalue weighted by atomic mass is 16.5. The summed E-state index contributed by atoms with van der Waals surface area (Å²) >= 11 is 0. The number of para-hydroxylation sites is 2. The summed E-state index contributed by atoms with van der Waals surface area (Å²) in [6.07, 6.45) is 1.85. The average Bonchev–Trinajstić information content (AvgIpc) is 2.42. The zero-order chi connectivity index (χ0) is 14.7. The molecule has 0 saturated carbocycles. The number of aldehydes is 1. The van der Waals surface area contributed by atoms with E-state index < -0.39 is 0 Å². The Morgan fingerprint density at radius 3 is 2.53 bits per heavy atom. The van der Waals surface area contributed by atoms with Gasteiger partial charge in [-0.05, 0) is 26.0 Å². The normalized spacial score (nSPS) is 10.0. The van der Waals surface area contributed by atoms with Crippen LogP contribution in [0.15, 0.2) is 36.0 Å². The molecule has 19 heavy (non-hydrogen) atoms. The second-order valence-corrected chi connectivity index (χ2v) is 3.38. The molecule has 2 N–H and O–H groups in total. The molecule has 1 aromatic rings. The number of aliphatic hydroxyl groups excluding tert-OH is 1. The number of nitrogens with one attached hydrogen (secondary N) is 1. The summed E-state index contributed by atoms with van der Waals surface area (Å²) < 4.78 is 5.40. The minimum Gasteiger partial charge on any atom is -0.492 e. The number of aliphatic hydroxyl groups is 1. The maximum atomic E-state index is 10.9. The predicted octanol–water partition coefficient (Wildman–Crippen LogP) is 1.78. The van der Waals surface area contributed by atoms with Crippen molar-refractivity contribution < 1.29 is 19.4 Å². The van der Waals surface area contributed by atoms with E-state index in [1.807, 2.05) is 19.1 Å². The molecule has 0 aliphatic carbocycles. The Morgan fingerprint density at radius 1 is 1.37 bits per heavy atom. The van der Waals surface area contributed by atoms with E-state index in [1.165, 1.54) is 13.0 Å². The molecule has 0 aliphatic rings. The van der Waals surface area contributed by atoms with Crippen LogP contribution in [-0.2, 0) is 9.59 Å². The van der Waals surface area contributed by atoms with Gasteiger partial charge in [-0.3, -0.25) is 9.59 Å². The molecule has 0 aromatic heterocycles. The summed E-state index contributed by atoms with van der Waals surface area (Å²) in [5.74, 6) is 0.458. The first-order valence-electron chi connectivity index (χ1n) is 5.78. The fourth-order valence-corrected chi connectivity index (χ4v) is 1.33. The zero-order valence-electron chi connectivity index (χ0n) is 11.3. The fourth-order valence-electron chi connectivity index (χ4n) is 1.33. The number of hydrogen-bond acceptors (Lipinski definition) is 5. The molecule has 5 heteroatoms. The van der Waals surface area contributed by atoms with Gasteiger partial charge in [0.2, 0.25) is 0 Å². The number of hydrogen-bond donors (Lipinski definition) is 2. The van der Waals surface area contributed by atoms with Crippen molar-refractivity contribution in [2.45, 2.75) is 13.8 Å². The van der Waals surface area contributed by atoms with Crippen molar-refractivity contribution in [1.29, 1.82) is 0 Å². The molecule has 1 rings (SSSR count). The van der Waals surface area contributed by atoms with Crippen molar-refractivity contribution in [3.63, 3.8) is 0 Å². The van der Waals surface area contributed by atoms with Crippen LogP contribution in [0.1, 0.15) is 13.8 Å². The van der Waals surface area contributed by atoms with Gasteiger partial charge < -0.3 is 15.2 Å². The van der Waals surface area contributed by atoms with Crippen LogP contribution in [0.5, 0.6) is 5.75 Å². The summed E-state index contributed by atoms with van der Waals surface area (Å²) in [6.45, 7) is 3.80. The molecule has 5 nitrogen and oxygen atoms in total. The van der Waals surface area contributed by atoms with Crippen molar-refractivity contribution in [1.82, 2.24) is 0 Å². The highest BCUT2D eigenvalue weighted by Crippen LogP contribution is 2.24. The number of ether oxygens (including phenoxy) is 1. The topological polar surface area (TPSA) is 75.6 Å². The van der Waals surface area contributed by atoms with Gasteiger partial charge in [0.15, 0.2) is 12.1 Å². The van der Waals surface area contributed by atoms with Crippen LogP contribution in [0.3, 0.4) is 0 Å². The van der Waals surface area contributed by atoms with Gasteiger partial charge >= 0.3 is 0 Å². The lowest BCUT2D eigenvalue weighted by molar-refractivity contribution is -0.113. The SMILES string of the molecule is CCOc1ccccc1N/C(C=O)=C/C(C)=O.CO. The lowest BCUT2D eigenvalue weighted by Gasteiger charge is -2.11. The highest BCUT2D eigenvalue weighted by Gasteiger charge is 2.04. The molecule has 0 aliphatic heterocycles. The van der Waals surface area contributed by atoms with Gasteiger partial charge in [0, 0.05) is 13.2 Å². The minimum atomic E-state index is -0.187. The first-order chi connectivity index (χ1) is 9.17. The van der Waals surface area contributed by atoms with Crippen LogP contribution in [-0.4, -0.2) is 30.9 Å².